The SMILES string of the molecule is NNC(Cc1ccncc1)C1C2C3CCC(C3)C21. The molecule has 3 heteroatoms. The lowest BCUT2D eigenvalue weighted by atomic mass is 9.94. The van der Waals surface area contributed by atoms with Crippen molar-refractivity contribution in [1.82, 2.24) is 10.4 Å². The van der Waals surface area contributed by atoms with Crippen molar-refractivity contribution < 1.29 is 0 Å². The van der Waals surface area contributed by atoms with Gasteiger partial charge in [-0.05, 0) is 73.0 Å². The third-order valence-corrected chi connectivity index (χ3v) is 5.68. The molecule has 1 heterocycles. The molecule has 5 unspecified atom stereocenters. The van der Waals surface area contributed by atoms with Crippen LogP contribution < -0.4 is 11.3 Å². The number of nitrogens with one attached hydrogen (secondary N) is 1. The highest BCUT2D eigenvalue weighted by atomic mass is 15.2. The van der Waals surface area contributed by atoms with Gasteiger partial charge in [0.15, 0.2) is 0 Å². The molecule has 1 aromatic rings. The minimum absolute atomic E-state index is 0.464. The van der Waals surface area contributed by atoms with E-state index in [-0.39, 0.29) is 0 Å². The van der Waals surface area contributed by atoms with Gasteiger partial charge < -0.3 is 0 Å². The van der Waals surface area contributed by atoms with Gasteiger partial charge in [0.2, 0.25) is 0 Å². The molecule has 3 fully saturated rings. The topological polar surface area (TPSA) is 50.9 Å². The minimum atomic E-state index is 0.464. The largest absolute Gasteiger partial charge is 0.271 e. The molecule has 0 aliphatic heterocycles. The van der Waals surface area contributed by atoms with Crippen LogP contribution in [0.15, 0.2) is 24.5 Å². The predicted molar refractivity (Wildman–Crippen MR) is 70.4 cm³/mol. The summed E-state index contributed by atoms with van der Waals surface area (Å²) in [5.74, 6) is 10.7. The summed E-state index contributed by atoms with van der Waals surface area (Å²) in [7, 11) is 0. The molecule has 3 saturated carbocycles. The minimum Gasteiger partial charge on any atom is -0.271 e. The van der Waals surface area contributed by atoms with Gasteiger partial charge in [-0.2, -0.15) is 0 Å². The Balaban J connectivity index is 1.47. The summed E-state index contributed by atoms with van der Waals surface area (Å²) in [4.78, 5) is 4.08. The smallest absolute Gasteiger partial charge is 0.0284 e. The molecule has 0 radical (unpaired) electrons. The fourth-order valence-corrected chi connectivity index (χ4v) is 5.01. The molecule has 4 rings (SSSR count). The first-order valence-electron chi connectivity index (χ1n) is 7.23. The molecular formula is C15H21N3. The zero-order chi connectivity index (χ0) is 12.1. The van der Waals surface area contributed by atoms with Gasteiger partial charge in [0.1, 0.15) is 0 Å². The van der Waals surface area contributed by atoms with Gasteiger partial charge in [-0.15, -0.1) is 0 Å². The summed E-state index contributed by atoms with van der Waals surface area (Å²) in [6, 6.07) is 4.68. The summed E-state index contributed by atoms with van der Waals surface area (Å²) in [5.41, 5.74) is 4.44. The van der Waals surface area contributed by atoms with E-state index in [1.807, 2.05) is 12.4 Å². The van der Waals surface area contributed by atoms with Crippen molar-refractivity contribution in [2.45, 2.75) is 31.7 Å². The van der Waals surface area contributed by atoms with Gasteiger partial charge in [0.05, 0.1) is 0 Å². The average molecular weight is 243 g/mol. The number of nitrogens with zero attached hydrogens (tertiary/aromatic N) is 1. The Bertz CT molecular complexity index is 417. The quantitative estimate of drug-likeness (QED) is 0.625. The zero-order valence-corrected chi connectivity index (χ0v) is 10.6. The molecule has 1 aromatic heterocycles. The molecule has 0 saturated heterocycles. The molecular weight excluding hydrogens is 222 g/mol. The third-order valence-electron chi connectivity index (χ3n) is 5.68. The van der Waals surface area contributed by atoms with Crippen LogP contribution in [-0.2, 0) is 6.42 Å². The normalized spacial score (nSPS) is 41.7. The van der Waals surface area contributed by atoms with Gasteiger partial charge in [0, 0.05) is 18.4 Å². The highest BCUT2D eigenvalue weighted by Crippen LogP contribution is 2.70. The van der Waals surface area contributed by atoms with Crippen molar-refractivity contribution in [1.29, 1.82) is 0 Å². The molecule has 0 aromatic carbocycles. The lowest BCUT2D eigenvalue weighted by molar-refractivity contribution is 0.365. The van der Waals surface area contributed by atoms with Crippen LogP contribution in [0.2, 0.25) is 0 Å². The van der Waals surface area contributed by atoms with Gasteiger partial charge in [-0.3, -0.25) is 16.3 Å². The molecule has 0 spiro atoms. The lowest BCUT2D eigenvalue weighted by Gasteiger charge is -2.19. The van der Waals surface area contributed by atoms with Gasteiger partial charge in [-0.25, -0.2) is 0 Å². The predicted octanol–water partition coefficient (Wildman–Crippen LogP) is 1.75. The number of pyridine rings is 1. The van der Waals surface area contributed by atoms with E-state index in [0.717, 1.165) is 36.0 Å². The van der Waals surface area contributed by atoms with Crippen molar-refractivity contribution in [2.24, 2.45) is 35.4 Å². The number of hydrogen-bond donors (Lipinski definition) is 2. The molecule has 3 nitrogen and oxygen atoms in total. The van der Waals surface area contributed by atoms with Crippen molar-refractivity contribution in [3.63, 3.8) is 0 Å². The maximum Gasteiger partial charge on any atom is 0.0284 e. The van der Waals surface area contributed by atoms with Crippen molar-refractivity contribution in [2.75, 3.05) is 0 Å². The first kappa shape index (κ1) is 10.9. The fraction of sp³-hybridized carbons (Fsp3) is 0.667. The Kier molecular flexibility index (Phi) is 2.45. The summed E-state index contributed by atoms with van der Waals surface area (Å²) >= 11 is 0. The number of fused-ring (bicyclic) bond motifs is 5. The number of nitrogens with two attached hydrogens (primary N) is 1. The van der Waals surface area contributed by atoms with Gasteiger partial charge in [-0.1, -0.05) is 0 Å². The molecule has 18 heavy (non-hydrogen) atoms. The second-order valence-electron chi connectivity index (χ2n) is 6.40. The number of rotatable bonds is 4. The molecule has 0 amide bonds. The van der Waals surface area contributed by atoms with Crippen molar-refractivity contribution in [3.8, 4) is 0 Å². The summed E-state index contributed by atoms with van der Waals surface area (Å²) in [5, 5.41) is 0. The zero-order valence-electron chi connectivity index (χ0n) is 10.6. The molecule has 3 N–H and O–H groups in total. The monoisotopic (exact) mass is 243 g/mol. The highest BCUT2D eigenvalue weighted by molar-refractivity contribution is 5.19. The van der Waals surface area contributed by atoms with Crippen LogP contribution in [0.3, 0.4) is 0 Å². The Morgan fingerprint density at radius 1 is 1.22 bits per heavy atom. The molecule has 3 aliphatic carbocycles. The van der Waals surface area contributed by atoms with Crippen LogP contribution in [0.25, 0.3) is 0 Å². The highest BCUT2D eigenvalue weighted by Gasteiger charge is 2.66. The van der Waals surface area contributed by atoms with E-state index in [1.165, 1.54) is 24.8 Å². The summed E-state index contributed by atoms with van der Waals surface area (Å²) in [6.07, 6.45) is 9.28. The fourth-order valence-electron chi connectivity index (χ4n) is 5.01. The molecule has 96 valence electrons. The first-order chi connectivity index (χ1) is 8.88. The Morgan fingerprint density at radius 3 is 2.50 bits per heavy atom. The Labute approximate surface area is 108 Å². The number of hydrogen-bond acceptors (Lipinski definition) is 3. The maximum absolute atomic E-state index is 5.81. The number of aromatic nitrogens is 1. The van der Waals surface area contributed by atoms with E-state index in [1.54, 1.807) is 0 Å². The molecule has 2 bridgehead atoms. The van der Waals surface area contributed by atoms with E-state index in [0.29, 0.717) is 6.04 Å². The molecule has 3 aliphatic rings. The van der Waals surface area contributed by atoms with Crippen molar-refractivity contribution in [3.05, 3.63) is 30.1 Å². The van der Waals surface area contributed by atoms with Gasteiger partial charge in [0.25, 0.3) is 0 Å². The summed E-state index contributed by atoms with van der Waals surface area (Å²) in [6.45, 7) is 0. The average Bonchev–Trinajstić information content (AvgIpc) is 2.84. The number of hydrazine groups is 1. The van der Waals surface area contributed by atoms with Crippen molar-refractivity contribution >= 4 is 0 Å². The standard InChI is InChI=1S/C15H21N3/c16-18-12(7-9-3-5-17-6-4-9)15-13-10-1-2-11(8-10)14(13)15/h3-6,10-15,18H,1-2,7-8,16H2. The van der Waals surface area contributed by atoms with Crippen LogP contribution in [0.1, 0.15) is 24.8 Å². The van der Waals surface area contributed by atoms with Crippen LogP contribution in [0.4, 0.5) is 0 Å². The van der Waals surface area contributed by atoms with Crippen LogP contribution in [0.5, 0.6) is 0 Å². The Morgan fingerprint density at radius 2 is 1.89 bits per heavy atom. The van der Waals surface area contributed by atoms with Gasteiger partial charge >= 0.3 is 0 Å². The van der Waals surface area contributed by atoms with E-state index < -0.39 is 0 Å². The van der Waals surface area contributed by atoms with E-state index >= 15 is 0 Å². The van der Waals surface area contributed by atoms with E-state index in [4.69, 9.17) is 5.84 Å². The van der Waals surface area contributed by atoms with Crippen LogP contribution in [0, 0.1) is 29.6 Å². The molecule has 5 atom stereocenters. The first-order valence-corrected chi connectivity index (χ1v) is 7.23. The van der Waals surface area contributed by atoms with Crippen LogP contribution >= 0.6 is 0 Å². The van der Waals surface area contributed by atoms with E-state index in [9.17, 15) is 0 Å². The maximum atomic E-state index is 5.81. The lowest BCUT2D eigenvalue weighted by Crippen LogP contribution is -2.40. The Hall–Kier alpha value is -0.930. The second-order valence-corrected chi connectivity index (χ2v) is 6.40. The van der Waals surface area contributed by atoms with Crippen LogP contribution in [-0.4, -0.2) is 11.0 Å². The van der Waals surface area contributed by atoms with E-state index in [2.05, 4.69) is 22.5 Å². The summed E-state index contributed by atoms with van der Waals surface area (Å²) < 4.78 is 0. The third kappa shape index (κ3) is 1.54. The second kappa shape index (κ2) is 4.04.